The summed E-state index contributed by atoms with van der Waals surface area (Å²) in [6.45, 7) is 1.38. The highest BCUT2D eigenvalue weighted by Crippen LogP contribution is 2.45. The van der Waals surface area contributed by atoms with Crippen molar-refractivity contribution in [2.24, 2.45) is 7.05 Å². The maximum atomic E-state index is 13.8. The zero-order chi connectivity index (χ0) is 22.1. The van der Waals surface area contributed by atoms with Crippen LogP contribution in [0.5, 0.6) is 0 Å². The van der Waals surface area contributed by atoms with E-state index in [4.69, 9.17) is 4.42 Å². The second-order valence-electron chi connectivity index (χ2n) is 7.51. The number of fused-ring (bicyclic) bond motifs is 1. The van der Waals surface area contributed by atoms with Crippen molar-refractivity contribution in [3.8, 4) is 0 Å². The first-order valence-electron chi connectivity index (χ1n) is 10.1. The number of anilines is 1. The summed E-state index contributed by atoms with van der Waals surface area (Å²) in [5.41, 5.74) is 1.91. The first kappa shape index (κ1) is 21.1. The molecule has 4 aromatic rings. The van der Waals surface area contributed by atoms with Crippen LogP contribution in [0.1, 0.15) is 23.0 Å². The molecule has 32 heavy (non-hydrogen) atoms. The van der Waals surface area contributed by atoms with Crippen LogP contribution in [0.15, 0.2) is 80.5 Å². The number of aromatic nitrogens is 3. The van der Waals surface area contributed by atoms with Crippen LogP contribution >= 0.6 is 23.5 Å². The van der Waals surface area contributed by atoms with E-state index in [1.54, 1.807) is 24.2 Å². The van der Waals surface area contributed by atoms with E-state index in [2.05, 4.69) is 27.2 Å². The molecule has 5 rings (SSSR count). The van der Waals surface area contributed by atoms with Gasteiger partial charge in [0, 0.05) is 23.7 Å². The highest BCUT2D eigenvalue weighted by molar-refractivity contribution is 7.99. The van der Waals surface area contributed by atoms with Gasteiger partial charge in [-0.3, -0.25) is 0 Å². The SMILES string of the molecule is Cn1cnnc1Sc1ccc(CN2CC[C@@H](c3ccc(F)c(F)c3)Sc3ccccc32)o1. The Balaban J connectivity index is 1.36. The van der Waals surface area contributed by atoms with Crippen molar-refractivity contribution in [3.63, 3.8) is 0 Å². The van der Waals surface area contributed by atoms with Crippen LogP contribution in [-0.2, 0) is 13.6 Å². The van der Waals surface area contributed by atoms with Crippen molar-refractivity contribution in [1.82, 2.24) is 14.8 Å². The molecule has 2 aromatic carbocycles. The van der Waals surface area contributed by atoms with Gasteiger partial charge in [-0.1, -0.05) is 18.2 Å². The topological polar surface area (TPSA) is 47.1 Å². The third kappa shape index (κ3) is 4.40. The van der Waals surface area contributed by atoms with E-state index in [9.17, 15) is 8.78 Å². The maximum absolute atomic E-state index is 13.8. The minimum atomic E-state index is -0.817. The average molecular weight is 471 g/mol. The van der Waals surface area contributed by atoms with Gasteiger partial charge in [0.05, 0.1) is 12.2 Å². The number of hydrogen-bond donors (Lipinski definition) is 0. The summed E-state index contributed by atoms with van der Waals surface area (Å²) in [5, 5.41) is 9.53. The molecule has 0 N–H and O–H groups in total. The third-order valence-corrected chi connectivity index (χ3v) is 7.66. The van der Waals surface area contributed by atoms with Crippen molar-refractivity contribution in [1.29, 1.82) is 0 Å². The quantitative estimate of drug-likeness (QED) is 0.352. The maximum Gasteiger partial charge on any atom is 0.198 e. The van der Waals surface area contributed by atoms with Crippen molar-refractivity contribution in [2.75, 3.05) is 11.4 Å². The number of para-hydroxylation sites is 1. The van der Waals surface area contributed by atoms with Crippen LogP contribution in [-0.4, -0.2) is 21.3 Å². The lowest BCUT2D eigenvalue weighted by molar-refractivity contribution is 0.426. The number of rotatable bonds is 5. The van der Waals surface area contributed by atoms with E-state index in [1.165, 1.54) is 23.9 Å². The number of halogens is 2. The van der Waals surface area contributed by atoms with Crippen LogP contribution in [0.4, 0.5) is 14.5 Å². The summed E-state index contributed by atoms with van der Waals surface area (Å²) >= 11 is 3.11. The van der Waals surface area contributed by atoms with Gasteiger partial charge in [-0.15, -0.1) is 22.0 Å². The van der Waals surface area contributed by atoms with Gasteiger partial charge in [0.2, 0.25) is 0 Å². The third-order valence-electron chi connectivity index (χ3n) is 5.30. The summed E-state index contributed by atoms with van der Waals surface area (Å²) in [6.07, 6.45) is 2.45. The minimum absolute atomic E-state index is 0.0369. The van der Waals surface area contributed by atoms with E-state index < -0.39 is 11.6 Å². The largest absolute Gasteiger partial charge is 0.453 e. The molecule has 0 fully saturated rings. The molecule has 0 saturated carbocycles. The molecule has 0 aliphatic carbocycles. The predicted molar refractivity (Wildman–Crippen MR) is 121 cm³/mol. The molecule has 5 nitrogen and oxygen atoms in total. The Morgan fingerprint density at radius 1 is 1.12 bits per heavy atom. The number of furan rings is 1. The molecule has 0 spiro atoms. The molecule has 3 heterocycles. The minimum Gasteiger partial charge on any atom is -0.453 e. The Bertz CT molecular complexity index is 1240. The molecule has 2 aromatic heterocycles. The fourth-order valence-electron chi connectivity index (χ4n) is 3.68. The number of benzene rings is 2. The molecule has 9 heteroatoms. The van der Waals surface area contributed by atoms with Crippen molar-refractivity contribution in [3.05, 3.63) is 83.9 Å². The van der Waals surface area contributed by atoms with Crippen molar-refractivity contribution >= 4 is 29.2 Å². The van der Waals surface area contributed by atoms with E-state index in [-0.39, 0.29) is 5.25 Å². The molecule has 0 saturated heterocycles. The van der Waals surface area contributed by atoms with Gasteiger partial charge >= 0.3 is 0 Å². The lowest BCUT2D eigenvalue weighted by Crippen LogP contribution is -2.23. The highest BCUT2D eigenvalue weighted by atomic mass is 32.2. The van der Waals surface area contributed by atoms with Crippen LogP contribution in [0.3, 0.4) is 0 Å². The molecule has 164 valence electrons. The number of aryl methyl sites for hydroxylation is 1. The standard InChI is InChI=1S/C23H20F2N4OS2/c1-28-14-26-27-23(28)32-22-9-7-16(30-22)13-29-11-10-20(15-6-8-17(24)18(25)12-15)31-21-5-3-2-4-19(21)29/h2-9,12,14,20H,10-11,13H2,1H3/t20-/m0/s1. The summed E-state index contributed by atoms with van der Waals surface area (Å²) in [6, 6.07) is 16.3. The number of thioether (sulfide) groups is 1. The average Bonchev–Trinajstić information content (AvgIpc) is 3.36. The Kier molecular flexibility index (Phi) is 5.93. The summed E-state index contributed by atoms with van der Waals surface area (Å²) in [5.74, 6) is -0.774. The highest BCUT2D eigenvalue weighted by Gasteiger charge is 2.24. The fraction of sp³-hybridized carbons (Fsp3) is 0.217. The summed E-state index contributed by atoms with van der Waals surface area (Å²) in [4.78, 5) is 3.39. The Labute approximate surface area is 192 Å². The van der Waals surface area contributed by atoms with Crippen LogP contribution in [0, 0.1) is 11.6 Å². The summed E-state index contributed by atoms with van der Waals surface area (Å²) in [7, 11) is 1.89. The van der Waals surface area contributed by atoms with Crippen molar-refractivity contribution < 1.29 is 13.2 Å². The smallest absolute Gasteiger partial charge is 0.198 e. The van der Waals surface area contributed by atoms with Gasteiger partial charge < -0.3 is 13.9 Å². The summed E-state index contributed by atoms with van der Waals surface area (Å²) < 4.78 is 35.2. The molecule has 1 aliphatic rings. The zero-order valence-electron chi connectivity index (χ0n) is 17.2. The van der Waals surface area contributed by atoms with Gasteiger partial charge in [-0.25, -0.2) is 8.78 Å². The Morgan fingerprint density at radius 3 is 2.81 bits per heavy atom. The fourth-order valence-corrected chi connectivity index (χ4v) is 5.71. The van der Waals surface area contributed by atoms with Crippen LogP contribution in [0.2, 0.25) is 0 Å². The predicted octanol–water partition coefficient (Wildman–Crippen LogP) is 6.08. The van der Waals surface area contributed by atoms with Gasteiger partial charge in [-0.05, 0) is 60.1 Å². The lowest BCUT2D eigenvalue weighted by Gasteiger charge is -2.23. The molecule has 1 aliphatic heterocycles. The number of nitrogens with zero attached hydrogens (tertiary/aromatic N) is 4. The van der Waals surface area contributed by atoms with E-state index in [0.29, 0.717) is 6.54 Å². The van der Waals surface area contributed by atoms with E-state index >= 15 is 0 Å². The normalized spacial score (nSPS) is 16.1. The van der Waals surface area contributed by atoms with E-state index in [0.717, 1.165) is 45.1 Å². The molecule has 0 unspecified atom stereocenters. The first-order valence-corrected chi connectivity index (χ1v) is 11.8. The Hall–Kier alpha value is -2.78. The van der Waals surface area contributed by atoms with Gasteiger partial charge in [0.25, 0.3) is 0 Å². The molecule has 0 amide bonds. The molecule has 0 bridgehead atoms. The molecule has 0 radical (unpaired) electrons. The molecular weight excluding hydrogens is 450 g/mol. The first-order chi connectivity index (χ1) is 15.6. The van der Waals surface area contributed by atoms with Crippen molar-refractivity contribution in [2.45, 2.75) is 33.4 Å². The monoisotopic (exact) mass is 470 g/mol. The van der Waals surface area contributed by atoms with E-state index in [1.807, 2.05) is 35.9 Å². The second-order valence-corrected chi connectivity index (χ2v) is 9.72. The Morgan fingerprint density at radius 2 is 2.00 bits per heavy atom. The van der Waals surface area contributed by atoms with Gasteiger partial charge in [0.1, 0.15) is 12.1 Å². The second kappa shape index (κ2) is 8.99. The molecule has 1 atom stereocenters. The van der Waals surface area contributed by atoms with Gasteiger partial charge in [-0.2, -0.15) is 0 Å². The van der Waals surface area contributed by atoms with Crippen LogP contribution < -0.4 is 4.90 Å². The lowest BCUT2D eigenvalue weighted by atomic mass is 10.1. The molecular formula is C23H20F2N4OS2. The number of hydrogen-bond acceptors (Lipinski definition) is 6. The van der Waals surface area contributed by atoms with Gasteiger partial charge in [0.15, 0.2) is 21.9 Å². The zero-order valence-corrected chi connectivity index (χ0v) is 18.9. The van der Waals surface area contributed by atoms with Crippen LogP contribution in [0.25, 0.3) is 0 Å².